The van der Waals surface area contributed by atoms with Crippen LogP contribution in [0.15, 0.2) is 53.0 Å². The second-order valence-electron chi connectivity index (χ2n) is 8.04. The summed E-state index contributed by atoms with van der Waals surface area (Å²) in [7, 11) is 0. The Morgan fingerprint density at radius 2 is 1.80 bits per heavy atom. The summed E-state index contributed by atoms with van der Waals surface area (Å²) < 4.78 is 0.980. The smallest absolute Gasteiger partial charge is 0.321 e. The van der Waals surface area contributed by atoms with Gasteiger partial charge in [-0.25, -0.2) is 9.59 Å². The highest BCUT2D eigenvalue weighted by atomic mass is 79.9. The first-order valence-electron chi connectivity index (χ1n) is 10.4. The zero-order valence-electron chi connectivity index (χ0n) is 17.2. The minimum atomic E-state index is -0.0791. The summed E-state index contributed by atoms with van der Waals surface area (Å²) in [4.78, 5) is 31.2. The van der Waals surface area contributed by atoms with E-state index in [1.165, 1.54) is 11.1 Å². The second kappa shape index (κ2) is 9.08. The molecule has 0 unspecified atom stereocenters. The van der Waals surface area contributed by atoms with Crippen LogP contribution >= 0.6 is 15.9 Å². The van der Waals surface area contributed by atoms with E-state index in [1.54, 1.807) is 0 Å². The maximum absolute atomic E-state index is 12.9. The highest BCUT2D eigenvalue weighted by Crippen LogP contribution is 2.23. The van der Waals surface area contributed by atoms with Crippen LogP contribution < -0.4 is 5.32 Å². The van der Waals surface area contributed by atoms with Crippen LogP contribution in [0.25, 0.3) is 0 Å². The SMILES string of the molecule is Cc1cccc(CN2CCN(C3CCN(C(=O)Nc4ccc(Br)cc4)CC3)C2=O)c1. The molecule has 0 bridgehead atoms. The maximum atomic E-state index is 12.9. The number of aryl methyl sites for hydroxylation is 1. The lowest BCUT2D eigenvalue weighted by atomic mass is 10.0. The second-order valence-corrected chi connectivity index (χ2v) is 8.96. The van der Waals surface area contributed by atoms with Gasteiger partial charge in [-0.05, 0) is 49.6 Å². The predicted octanol–water partition coefficient (Wildman–Crippen LogP) is 4.69. The third kappa shape index (κ3) is 4.78. The van der Waals surface area contributed by atoms with Gasteiger partial charge in [0.2, 0.25) is 0 Å². The van der Waals surface area contributed by atoms with Crippen molar-refractivity contribution in [1.82, 2.24) is 14.7 Å². The Hall–Kier alpha value is -2.54. The molecule has 2 heterocycles. The van der Waals surface area contributed by atoms with E-state index in [-0.39, 0.29) is 18.1 Å². The number of anilines is 1. The molecule has 2 aliphatic rings. The number of rotatable bonds is 4. The fraction of sp³-hybridized carbons (Fsp3) is 0.391. The first-order valence-corrected chi connectivity index (χ1v) is 11.2. The van der Waals surface area contributed by atoms with Crippen LogP contribution in [0.3, 0.4) is 0 Å². The number of nitrogens with one attached hydrogen (secondary N) is 1. The molecular weight excluding hydrogens is 444 g/mol. The molecule has 2 saturated heterocycles. The van der Waals surface area contributed by atoms with Gasteiger partial charge >= 0.3 is 12.1 Å². The lowest BCUT2D eigenvalue weighted by Gasteiger charge is -2.36. The number of hydrogen-bond donors (Lipinski definition) is 1. The van der Waals surface area contributed by atoms with Crippen molar-refractivity contribution < 1.29 is 9.59 Å². The van der Waals surface area contributed by atoms with E-state index in [0.717, 1.165) is 36.1 Å². The minimum absolute atomic E-state index is 0.0791. The monoisotopic (exact) mass is 470 g/mol. The maximum Gasteiger partial charge on any atom is 0.321 e. The molecule has 2 fully saturated rings. The van der Waals surface area contributed by atoms with Crippen molar-refractivity contribution >= 4 is 33.7 Å². The summed E-state index contributed by atoms with van der Waals surface area (Å²) in [6, 6.07) is 16.1. The molecule has 7 heteroatoms. The van der Waals surface area contributed by atoms with Gasteiger partial charge in [0.25, 0.3) is 0 Å². The molecule has 0 saturated carbocycles. The van der Waals surface area contributed by atoms with Crippen LogP contribution in [0, 0.1) is 6.92 Å². The lowest BCUT2D eigenvalue weighted by molar-refractivity contribution is 0.139. The van der Waals surface area contributed by atoms with Crippen molar-refractivity contribution in [2.24, 2.45) is 0 Å². The molecule has 6 nitrogen and oxygen atoms in total. The third-order valence-electron chi connectivity index (χ3n) is 5.87. The molecule has 4 amide bonds. The number of urea groups is 2. The van der Waals surface area contributed by atoms with Crippen molar-refractivity contribution in [3.05, 3.63) is 64.1 Å². The van der Waals surface area contributed by atoms with Gasteiger partial charge in [-0.1, -0.05) is 45.8 Å². The van der Waals surface area contributed by atoms with Gasteiger partial charge in [0.05, 0.1) is 0 Å². The van der Waals surface area contributed by atoms with Crippen molar-refractivity contribution in [2.45, 2.75) is 32.4 Å². The first-order chi connectivity index (χ1) is 14.5. The van der Waals surface area contributed by atoms with Gasteiger partial charge in [-0.2, -0.15) is 0 Å². The van der Waals surface area contributed by atoms with Crippen LogP contribution in [-0.4, -0.2) is 59.0 Å². The van der Waals surface area contributed by atoms with Gasteiger partial charge in [0.15, 0.2) is 0 Å². The Morgan fingerprint density at radius 1 is 1.07 bits per heavy atom. The molecule has 1 N–H and O–H groups in total. The molecule has 2 aliphatic heterocycles. The van der Waals surface area contributed by atoms with Crippen molar-refractivity contribution in [3.8, 4) is 0 Å². The third-order valence-corrected chi connectivity index (χ3v) is 6.40. The van der Waals surface area contributed by atoms with Crippen LogP contribution in [0.1, 0.15) is 24.0 Å². The molecule has 0 radical (unpaired) electrons. The minimum Gasteiger partial charge on any atom is -0.324 e. The number of benzene rings is 2. The average molecular weight is 471 g/mol. The molecule has 30 heavy (non-hydrogen) atoms. The summed E-state index contributed by atoms with van der Waals surface area (Å²) in [6.07, 6.45) is 1.63. The number of halogens is 1. The van der Waals surface area contributed by atoms with Crippen molar-refractivity contribution in [1.29, 1.82) is 0 Å². The van der Waals surface area contributed by atoms with Crippen LogP contribution in [0.2, 0.25) is 0 Å². The summed E-state index contributed by atoms with van der Waals surface area (Å²) in [5.41, 5.74) is 3.17. The average Bonchev–Trinajstić information content (AvgIpc) is 3.10. The molecular formula is C23H27BrN4O2. The fourth-order valence-corrected chi connectivity index (χ4v) is 4.50. The zero-order chi connectivity index (χ0) is 21.1. The van der Waals surface area contributed by atoms with E-state index >= 15 is 0 Å². The molecule has 0 aromatic heterocycles. The van der Waals surface area contributed by atoms with E-state index in [1.807, 2.05) is 45.0 Å². The Bertz CT molecular complexity index is 910. The topological polar surface area (TPSA) is 55.9 Å². The molecule has 0 spiro atoms. The van der Waals surface area contributed by atoms with E-state index in [2.05, 4.69) is 46.4 Å². The van der Waals surface area contributed by atoms with Crippen LogP contribution in [0.5, 0.6) is 0 Å². The highest BCUT2D eigenvalue weighted by Gasteiger charge is 2.35. The van der Waals surface area contributed by atoms with Gasteiger partial charge in [-0.3, -0.25) is 0 Å². The molecule has 2 aromatic carbocycles. The molecule has 4 rings (SSSR count). The van der Waals surface area contributed by atoms with Gasteiger partial charge < -0.3 is 20.0 Å². The van der Waals surface area contributed by atoms with Gasteiger partial charge in [-0.15, -0.1) is 0 Å². The summed E-state index contributed by atoms with van der Waals surface area (Å²) in [5, 5.41) is 2.95. The standard InChI is InChI=1S/C23H27BrN4O2/c1-17-3-2-4-18(15-17)16-27-13-14-28(23(27)30)21-9-11-26(12-10-21)22(29)25-20-7-5-19(24)6-8-20/h2-8,15,21H,9-14,16H2,1H3,(H,25,29). The van der Waals surface area contributed by atoms with E-state index in [9.17, 15) is 9.59 Å². The summed E-state index contributed by atoms with van der Waals surface area (Å²) >= 11 is 3.40. The van der Waals surface area contributed by atoms with Crippen LogP contribution in [0.4, 0.5) is 15.3 Å². The normalized spacial score (nSPS) is 17.5. The summed E-state index contributed by atoms with van der Waals surface area (Å²) in [5.74, 6) is 0. The largest absolute Gasteiger partial charge is 0.324 e. The van der Waals surface area contributed by atoms with Crippen molar-refractivity contribution in [3.63, 3.8) is 0 Å². The predicted molar refractivity (Wildman–Crippen MR) is 121 cm³/mol. The quantitative estimate of drug-likeness (QED) is 0.704. The van der Waals surface area contributed by atoms with E-state index < -0.39 is 0 Å². The van der Waals surface area contributed by atoms with Crippen LogP contribution in [-0.2, 0) is 6.54 Å². The highest BCUT2D eigenvalue weighted by molar-refractivity contribution is 9.10. The Labute approximate surface area is 186 Å². The lowest BCUT2D eigenvalue weighted by Crippen LogP contribution is -2.49. The molecule has 0 atom stereocenters. The molecule has 0 aliphatic carbocycles. The Kier molecular flexibility index (Phi) is 6.27. The Balaban J connectivity index is 1.28. The number of carbonyl (C=O) groups is 2. The fourth-order valence-electron chi connectivity index (χ4n) is 4.23. The number of likely N-dealkylation sites (tertiary alicyclic amines) is 1. The summed E-state index contributed by atoms with van der Waals surface area (Å²) in [6.45, 7) is 5.58. The number of piperidine rings is 1. The number of hydrogen-bond acceptors (Lipinski definition) is 2. The zero-order valence-corrected chi connectivity index (χ0v) is 18.8. The first kappa shape index (κ1) is 20.7. The van der Waals surface area contributed by atoms with Crippen molar-refractivity contribution in [2.75, 3.05) is 31.5 Å². The van der Waals surface area contributed by atoms with Gasteiger partial charge in [0, 0.05) is 48.9 Å². The number of carbonyl (C=O) groups excluding carboxylic acids is 2. The Morgan fingerprint density at radius 3 is 2.50 bits per heavy atom. The van der Waals surface area contributed by atoms with E-state index in [0.29, 0.717) is 19.6 Å². The molecule has 158 valence electrons. The number of amides is 4. The number of nitrogens with zero attached hydrogens (tertiary/aromatic N) is 3. The van der Waals surface area contributed by atoms with E-state index in [4.69, 9.17) is 0 Å². The van der Waals surface area contributed by atoms with Gasteiger partial charge in [0.1, 0.15) is 0 Å². The molecule has 2 aromatic rings.